The molecule has 0 aromatic heterocycles. The molecule has 4 aromatic carbocycles. The zero-order chi connectivity index (χ0) is 26.7. The van der Waals surface area contributed by atoms with Crippen LogP contribution in [0.3, 0.4) is 0 Å². The Bertz CT molecular complexity index is 1080. The van der Waals surface area contributed by atoms with Gasteiger partial charge in [-0.15, -0.1) is 0 Å². The monoisotopic (exact) mass is 516 g/mol. The lowest BCUT2D eigenvalue weighted by Gasteiger charge is -2.35. The molecule has 1 saturated carbocycles. The first kappa shape index (κ1) is 27.1. The van der Waals surface area contributed by atoms with Crippen molar-refractivity contribution in [2.75, 3.05) is 13.1 Å². The molecule has 0 amide bonds. The second kappa shape index (κ2) is 14.0. The highest BCUT2D eigenvalue weighted by molar-refractivity contribution is 5.84. The molecule has 200 valence electrons. The average molecular weight is 517 g/mol. The van der Waals surface area contributed by atoms with Crippen molar-refractivity contribution in [1.82, 2.24) is 9.80 Å². The Balaban J connectivity index is 1.28. The molecule has 2 atom stereocenters. The van der Waals surface area contributed by atoms with Crippen LogP contribution in [-0.2, 0) is 31.0 Å². The zero-order valence-corrected chi connectivity index (χ0v) is 22.9. The molecule has 3 heteroatoms. The predicted molar refractivity (Wildman–Crippen MR) is 160 cm³/mol. The van der Waals surface area contributed by atoms with Crippen LogP contribution in [0.4, 0.5) is 0 Å². The van der Waals surface area contributed by atoms with Crippen LogP contribution in [0.15, 0.2) is 121 Å². The Kier molecular flexibility index (Phi) is 9.73. The van der Waals surface area contributed by atoms with Crippen LogP contribution < -0.4 is 0 Å². The normalized spacial score (nSPS) is 17.5. The molecule has 39 heavy (non-hydrogen) atoms. The van der Waals surface area contributed by atoms with Crippen molar-refractivity contribution in [2.24, 2.45) is 11.8 Å². The number of carbonyl (C=O) groups excluding carboxylic acids is 1. The second-order valence-corrected chi connectivity index (χ2v) is 11.0. The molecule has 5 rings (SSSR count). The Hall–Kier alpha value is -3.53. The van der Waals surface area contributed by atoms with E-state index in [1.807, 2.05) is 0 Å². The average Bonchev–Trinajstić information content (AvgIpc) is 2.97. The van der Waals surface area contributed by atoms with E-state index < -0.39 is 0 Å². The van der Waals surface area contributed by atoms with E-state index in [2.05, 4.69) is 131 Å². The molecule has 1 fully saturated rings. The molecule has 0 N–H and O–H groups in total. The molecule has 3 nitrogen and oxygen atoms in total. The highest BCUT2D eigenvalue weighted by Gasteiger charge is 2.33. The van der Waals surface area contributed by atoms with Crippen LogP contribution in [0.25, 0.3) is 0 Å². The van der Waals surface area contributed by atoms with Gasteiger partial charge in [0.15, 0.2) is 0 Å². The molecular weight excluding hydrogens is 476 g/mol. The third-order valence-corrected chi connectivity index (χ3v) is 7.86. The summed E-state index contributed by atoms with van der Waals surface area (Å²) >= 11 is 0. The molecular formula is C36H40N2O. The highest BCUT2D eigenvalue weighted by Crippen LogP contribution is 2.29. The smallest absolute Gasteiger partial charge is 0.141 e. The van der Waals surface area contributed by atoms with Crippen molar-refractivity contribution in [1.29, 1.82) is 0 Å². The number of Topliss-reactive ketones (excluding diaryl/α,β-unsaturated/α-hetero) is 1. The van der Waals surface area contributed by atoms with E-state index in [9.17, 15) is 4.79 Å². The summed E-state index contributed by atoms with van der Waals surface area (Å²) in [5, 5.41) is 0. The van der Waals surface area contributed by atoms with Gasteiger partial charge >= 0.3 is 0 Å². The van der Waals surface area contributed by atoms with Gasteiger partial charge in [0, 0.05) is 51.1 Å². The fraction of sp³-hybridized carbons (Fsp3) is 0.306. The van der Waals surface area contributed by atoms with E-state index in [1.54, 1.807) is 0 Å². The topological polar surface area (TPSA) is 23.6 Å². The number of ketones is 1. The summed E-state index contributed by atoms with van der Waals surface area (Å²) in [6, 6.07) is 42.6. The third-order valence-electron chi connectivity index (χ3n) is 7.86. The van der Waals surface area contributed by atoms with Crippen molar-refractivity contribution in [3.05, 3.63) is 144 Å². The maximum atomic E-state index is 14.0. The number of carbonyl (C=O) groups is 1. The van der Waals surface area contributed by atoms with Crippen molar-refractivity contribution in [2.45, 2.75) is 45.4 Å². The minimum Gasteiger partial charge on any atom is -0.299 e. The van der Waals surface area contributed by atoms with E-state index >= 15 is 0 Å². The molecule has 0 spiro atoms. The Morgan fingerprint density at radius 3 is 1.03 bits per heavy atom. The van der Waals surface area contributed by atoms with Crippen molar-refractivity contribution < 1.29 is 4.79 Å². The first-order valence-electron chi connectivity index (χ1n) is 14.4. The number of nitrogens with zero attached hydrogens (tertiary/aromatic N) is 2. The maximum absolute atomic E-state index is 14.0. The van der Waals surface area contributed by atoms with Crippen molar-refractivity contribution >= 4 is 5.78 Å². The van der Waals surface area contributed by atoms with Crippen LogP contribution in [0.2, 0.25) is 0 Å². The Labute approximate surface area is 234 Å². The molecule has 0 radical (unpaired) electrons. The van der Waals surface area contributed by atoms with Gasteiger partial charge in [0.25, 0.3) is 0 Å². The highest BCUT2D eigenvalue weighted by atomic mass is 16.1. The van der Waals surface area contributed by atoms with Gasteiger partial charge in [-0.2, -0.15) is 0 Å². The van der Waals surface area contributed by atoms with Gasteiger partial charge in [0.2, 0.25) is 0 Å². The third kappa shape index (κ3) is 8.23. The van der Waals surface area contributed by atoms with Crippen LogP contribution in [0, 0.1) is 11.8 Å². The summed E-state index contributed by atoms with van der Waals surface area (Å²) in [7, 11) is 0. The lowest BCUT2D eigenvalue weighted by molar-refractivity contribution is -0.130. The molecule has 0 aliphatic heterocycles. The minimum atomic E-state index is 0.0893. The molecule has 0 heterocycles. The zero-order valence-electron chi connectivity index (χ0n) is 22.9. The largest absolute Gasteiger partial charge is 0.299 e. The number of benzene rings is 4. The molecule has 0 saturated heterocycles. The predicted octanol–water partition coefficient (Wildman–Crippen LogP) is 7.38. The van der Waals surface area contributed by atoms with Crippen molar-refractivity contribution in [3.63, 3.8) is 0 Å². The van der Waals surface area contributed by atoms with E-state index in [4.69, 9.17) is 0 Å². The Morgan fingerprint density at radius 2 is 0.744 bits per heavy atom. The van der Waals surface area contributed by atoms with E-state index in [1.165, 1.54) is 22.3 Å². The minimum absolute atomic E-state index is 0.0893. The van der Waals surface area contributed by atoms with Crippen molar-refractivity contribution in [3.8, 4) is 0 Å². The van der Waals surface area contributed by atoms with Gasteiger partial charge in [-0.25, -0.2) is 0 Å². The summed E-state index contributed by atoms with van der Waals surface area (Å²) < 4.78 is 0. The van der Waals surface area contributed by atoms with Crippen LogP contribution in [0.5, 0.6) is 0 Å². The van der Waals surface area contributed by atoms with Gasteiger partial charge in [-0.05, 0) is 35.1 Å². The van der Waals surface area contributed by atoms with Crippen LogP contribution >= 0.6 is 0 Å². The SMILES string of the molecule is O=C1[C@H](CN(Cc2ccccc2)Cc2ccccc2)CCC[C@H]1CN(Cc1ccccc1)Cc1ccccc1. The summed E-state index contributed by atoms with van der Waals surface area (Å²) in [6.07, 6.45) is 3.11. The summed E-state index contributed by atoms with van der Waals surface area (Å²) in [5.41, 5.74) is 5.19. The summed E-state index contributed by atoms with van der Waals surface area (Å²) in [4.78, 5) is 18.9. The maximum Gasteiger partial charge on any atom is 0.141 e. The van der Waals surface area contributed by atoms with Crippen LogP contribution in [0.1, 0.15) is 41.5 Å². The van der Waals surface area contributed by atoms with Gasteiger partial charge in [-0.3, -0.25) is 14.6 Å². The Morgan fingerprint density at radius 1 is 0.462 bits per heavy atom. The van der Waals surface area contributed by atoms with E-state index in [0.717, 1.165) is 58.5 Å². The van der Waals surface area contributed by atoms with Gasteiger partial charge in [-0.1, -0.05) is 128 Å². The number of hydrogen-bond donors (Lipinski definition) is 0. The molecule has 0 bridgehead atoms. The van der Waals surface area contributed by atoms with Crippen LogP contribution in [-0.4, -0.2) is 28.7 Å². The molecule has 4 aromatic rings. The first-order chi connectivity index (χ1) is 19.2. The standard InChI is InChI=1S/C36H40N2O/c39-36-34(28-37(24-30-14-5-1-6-15-30)25-31-16-7-2-8-17-31)22-13-23-35(36)29-38(26-32-18-9-3-10-19-32)27-33-20-11-4-12-21-33/h1-12,14-21,34-35H,13,22-29H2/t34-,35-/m0/s1. The van der Waals surface area contributed by atoms with Gasteiger partial charge < -0.3 is 0 Å². The number of hydrogen-bond acceptors (Lipinski definition) is 3. The number of rotatable bonds is 12. The quantitative estimate of drug-likeness (QED) is 0.196. The molecule has 0 unspecified atom stereocenters. The fourth-order valence-corrected chi connectivity index (χ4v) is 5.95. The van der Waals surface area contributed by atoms with Gasteiger partial charge in [0.05, 0.1) is 0 Å². The van der Waals surface area contributed by atoms with E-state index in [0.29, 0.717) is 5.78 Å². The summed E-state index contributed by atoms with van der Waals surface area (Å²) in [5.74, 6) is 0.636. The molecule has 1 aliphatic carbocycles. The van der Waals surface area contributed by atoms with E-state index in [-0.39, 0.29) is 11.8 Å². The fourth-order valence-electron chi connectivity index (χ4n) is 5.95. The molecule has 1 aliphatic rings. The first-order valence-corrected chi connectivity index (χ1v) is 14.4. The van der Waals surface area contributed by atoms with Gasteiger partial charge in [0.1, 0.15) is 5.78 Å². The lowest BCUT2D eigenvalue weighted by Crippen LogP contribution is -2.42. The summed E-state index contributed by atoms with van der Waals surface area (Å²) in [6.45, 7) is 5.07. The second-order valence-electron chi connectivity index (χ2n) is 11.0. The lowest BCUT2D eigenvalue weighted by atomic mass is 9.79.